The van der Waals surface area contributed by atoms with Crippen LogP contribution < -0.4 is 4.74 Å². The molecular weight excluding hydrogens is 178 g/mol. The largest absolute Gasteiger partial charge is 0.495 e. The Morgan fingerprint density at radius 1 is 1.71 bits per heavy atom. The lowest BCUT2D eigenvalue weighted by Crippen LogP contribution is -2.00. The van der Waals surface area contributed by atoms with Gasteiger partial charge in [-0.2, -0.15) is 0 Å². The summed E-state index contributed by atoms with van der Waals surface area (Å²) in [6.45, 7) is 0. The van der Waals surface area contributed by atoms with Gasteiger partial charge in [-0.15, -0.1) is 12.3 Å². The number of terminal acetylenes is 1. The Hall–Kier alpha value is -1.53. The molecule has 0 saturated heterocycles. The van der Waals surface area contributed by atoms with E-state index in [-0.39, 0.29) is 0 Å². The second-order valence-electron chi connectivity index (χ2n) is 2.88. The van der Waals surface area contributed by atoms with Gasteiger partial charge < -0.3 is 9.84 Å². The Morgan fingerprint density at radius 2 is 2.50 bits per heavy atom. The zero-order valence-corrected chi connectivity index (χ0v) is 8.10. The zero-order chi connectivity index (χ0) is 10.4. The maximum absolute atomic E-state index is 9.76. The number of aromatic nitrogens is 1. The Bertz CT molecular complexity index is 330. The lowest BCUT2D eigenvalue weighted by molar-refractivity contribution is 0.165. The molecule has 0 fully saturated rings. The second-order valence-corrected chi connectivity index (χ2v) is 2.88. The molecular formula is C11H13NO2. The summed E-state index contributed by atoms with van der Waals surface area (Å²) in [5.41, 5.74) is 0.734. The monoisotopic (exact) mass is 191 g/mol. The summed E-state index contributed by atoms with van der Waals surface area (Å²) < 4.78 is 5.07. The molecule has 3 nitrogen and oxygen atoms in total. The number of aliphatic hydroxyl groups is 1. The van der Waals surface area contributed by atoms with Crippen LogP contribution in [-0.2, 0) is 0 Å². The van der Waals surface area contributed by atoms with Crippen molar-refractivity contribution in [1.82, 2.24) is 4.98 Å². The van der Waals surface area contributed by atoms with Crippen LogP contribution in [0, 0.1) is 12.3 Å². The van der Waals surface area contributed by atoms with Gasteiger partial charge in [-0.3, -0.25) is 4.98 Å². The molecule has 14 heavy (non-hydrogen) atoms. The van der Waals surface area contributed by atoms with Gasteiger partial charge in [0.05, 0.1) is 19.4 Å². The highest BCUT2D eigenvalue weighted by atomic mass is 16.5. The van der Waals surface area contributed by atoms with Gasteiger partial charge >= 0.3 is 0 Å². The summed E-state index contributed by atoms with van der Waals surface area (Å²) in [6, 6.07) is 1.74. The Labute approximate surface area is 83.7 Å². The maximum atomic E-state index is 9.76. The Balaban J connectivity index is 2.78. The highest BCUT2D eigenvalue weighted by Crippen LogP contribution is 2.26. The Morgan fingerprint density at radius 3 is 3.14 bits per heavy atom. The average Bonchev–Trinajstić information content (AvgIpc) is 2.25. The van der Waals surface area contributed by atoms with Crippen LogP contribution in [0.5, 0.6) is 5.75 Å². The number of pyridine rings is 1. The highest BCUT2D eigenvalue weighted by molar-refractivity contribution is 5.31. The van der Waals surface area contributed by atoms with Gasteiger partial charge in [-0.1, -0.05) is 0 Å². The minimum absolute atomic E-state index is 0.539. The molecule has 0 saturated carbocycles. The molecule has 1 rings (SSSR count). The summed E-state index contributed by atoms with van der Waals surface area (Å²) in [5, 5.41) is 9.76. The van der Waals surface area contributed by atoms with Crippen molar-refractivity contribution >= 4 is 0 Å². The minimum atomic E-state index is -0.580. The minimum Gasteiger partial charge on any atom is -0.495 e. The van der Waals surface area contributed by atoms with Crippen LogP contribution in [0.25, 0.3) is 0 Å². The van der Waals surface area contributed by atoms with Gasteiger partial charge in [0.15, 0.2) is 0 Å². The molecule has 1 aromatic heterocycles. The van der Waals surface area contributed by atoms with Crippen LogP contribution in [0.15, 0.2) is 18.5 Å². The SMILES string of the molecule is C#CCCC(O)c1ccncc1OC. The van der Waals surface area contributed by atoms with E-state index in [0.29, 0.717) is 18.6 Å². The first-order valence-electron chi connectivity index (χ1n) is 4.39. The maximum Gasteiger partial charge on any atom is 0.142 e. The van der Waals surface area contributed by atoms with Gasteiger partial charge in [0.2, 0.25) is 0 Å². The van der Waals surface area contributed by atoms with Crippen LogP contribution in [0.1, 0.15) is 24.5 Å². The van der Waals surface area contributed by atoms with E-state index in [1.807, 2.05) is 0 Å². The van der Waals surface area contributed by atoms with Crippen molar-refractivity contribution in [2.75, 3.05) is 7.11 Å². The third kappa shape index (κ3) is 2.48. The van der Waals surface area contributed by atoms with Crippen molar-refractivity contribution in [3.63, 3.8) is 0 Å². The van der Waals surface area contributed by atoms with E-state index in [2.05, 4.69) is 10.9 Å². The first-order chi connectivity index (χ1) is 6.79. The molecule has 1 unspecified atom stereocenters. The summed E-state index contributed by atoms with van der Waals surface area (Å²) in [5.74, 6) is 3.08. The van der Waals surface area contributed by atoms with Crippen LogP contribution >= 0.6 is 0 Å². The van der Waals surface area contributed by atoms with Gasteiger partial charge in [0.1, 0.15) is 5.75 Å². The van der Waals surface area contributed by atoms with E-state index in [1.165, 1.54) is 0 Å². The predicted molar refractivity (Wildman–Crippen MR) is 53.8 cm³/mol. The molecule has 0 aliphatic heterocycles. The van der Waals surface area contributed by atoms with Crippen molar-refractivity contribution in [2.24, 2.45) is 0 Å². The van der Waals surface area contributed by atoms with Crippen molar-refractivity contribution in [1.29, 1.82) is 0 Å². The molecule has 1 atom stereocenters. The quantitative estimate of drug-likeness (QED) is 0.734. The fourth-order valence-corrected chi connectivity index (χ4v) is 1.21. The fourth-order valence-electron chi connectivity index (χ4n) is 1.21. The molecule has 1 N–H and O–H groups in total. The van der Waals surface area contributed by atoms with Crippen molar-refractivity contribution < 1.29 is 9.84 Å². The standard InChI is InChI=1S/C11H13NO2/c1-3-4-5-10(13)9-6-7-12-8-11(9)14-2/h1,6-8,10,13H,4-5H2,2H3. The Kier molecular flexibility index (Phi) is 3.96. The number of rotatable bonds is 4. The number of aliphatic hydroxyl groups excluding tert-OH is 1. The molecule has 0 amide bonds. The van der Waals surface area contributed by atoms with Gasteiger partial charge in [0.25, 0.3) is 0 Å². The van der Waals surface area contributed by atoms with Gasteiger partial charge in [0, 0.05) is 18.2 Å². The fraction of sp³-hybridized carbons (Fsp3) is 0.364. The molecule has 0 radical (unpaired) electrons. The first-order valence-corrected chi connectivity index (χ1v) is 4.39. The molecule has 0 aliphatic rings. The molecule has 0 bridgehead atoms. The zero-order valence-electron chi connectivity index (χ0n) is 8.10. The van der Waals surface area contributed by atoms with Crippen molar-refractivity contribution in [3.8, 4) is 18.1 Å². The first kappa shape index (κ1) is 10.6. The van der Waals surface area contributed by atoms with Crippen LogP contribution in [-0.4, -0.2) is 17.2 Å². The topological polar surface area (TPSA) is 42.4 Å². The van der Waals surface area contributed by atoms with E-state index in [1.54, 1.807) is 25.6 Å². The third-order valence-electron chi connectivity index (χ3n) is 1.96. The lowest BCUT2D eigenvalue weighted by atomic mass is 10.1. The molecule has 0 aliphatic carbocycles. The molecule has 0 spiro atoms. The van der Waals surface area contributed by atoms with Gasteiger partial charge in [-0.25, -0.2) is 0 Å². The smallest absolute Gasteiger partial charge is 0.142 e. The number of hydrogen-bond donors (Lipinski definition) is 1. The third-order valence-corrected chi connectivity index (χ3v) is 1.96. The van der Waals surface area contributed by atoms with Crippen molar-refractivity contribution in [3.05, 3.63) is 24.0 Å². The van der Waals surface area contributed by atoms with E-state index < -0.39 is 6.10 Å². The number of ether oxygens (including phenoxy) is 1. The van der Waals surface area contributed by atoms with E-state index >= 15 is 0 Å². The molecule has 0 aromatic carbocycles. The second kappa shape index (κ2) is 5.25. The average molecular weight is 191 g/mol. The summed E-state index contributed by atoms with van der Waals surface area (Å²) >= 11 is 0. The van der Waals surface area contributed by atoms with E-state index in [9.17, 15) is 5.11 Å². The molecule has 3 heteroatoms. The van der Waals surface area contributed by atoms with Crippen LogP contribution in [0.3, 0.4) is 0 Å². The van der Waals surface area contributed by atoms with Crippen LogP contribution in [0.4, 0.5) is 0 Å². The lowest BCUT2D eigenvalue weighted by Gasteiger charge is -2.12. The molecule has 1 aromatic rings. The number of methoxy groups -OCH3 is 1. The van der Waals surface area contributed by atoms with E-state index in [4.69, 9.17) is 11.2 Å². The molecule has 1 heterocycles. The summed E-state index contributed by atoms with van der Waals surface area (Å²) in [6.07, 6.45) is 8.83. The predicted octanol–water partition coefficient (Wildman–Crippen LogP) is 1.54. The summed E-state index contributed by atoms with van der Waals surface area (Å²) in [7, 11) is 1.55. The van der Waals surface area contributed by atoms with Gasteiger partial charge in [-0.05, 0) is 12.5 Å². The van der Waals surface area contributed by atoms with Crippen LogP contribution in [0.2, 0.25) is 0 Å². The number of nitrogens with zero attached hydrogens (tertiary/aromatic N) is 1. The highest BCUT2D eigenvalue weighted by Gasteiger charge is 2.11. The summed E-state index contributed by atoms with van der Waals surface area (Å²) in [4.78, 5) is 3.90. The van der Waals surface area contributed by atoms with Crippen molar-refractivity contribution in [2.45, 2.75) is 18.9 Å². The number of hydrogen-bond acceptors (Lipinski definition) is 3. The van der Waals surface area contributed by atoms with E-state index in [0.717, 1.165) is 5.56 Å². The normalized spacial score (nSPS) is 11.8. The molecule has 74 valence electrons.